The van der Waals surface area contributed by atoms with E-state index in [-0.39, 0.29) is 13.1 Å². The van der Waals surface area contributed by atoms with Gasteiger partial charge in [0.15, 0.2) is 0 Å². The first-order chi connectivity index (χ1) is 11.3. The van der Waals surface area contributed by atoms with Gasteiger partial charge in [0.1, 0.15) is 16.5 Å². The maximum absolute atomic E-state index is 13.8. The van der Waals surface area contributed by atoms with Crippen molar-refractivity contribution in [3.8, 4) is 0 Å². The fraction of sp³-hybridized carbons (Fsp3) is 0.400. The molecule has 6 nitrogen and oxygen atoms in total. The van der Waals surface area contributed by atoms with Crippen LogP contribution in [0, 0.1) is 25.5 Å². The summed E-state index contributed by atoms with van der Waals surface area (Å²) in [4.78, 5) is 1.42. The Morgan fingerprint density at radius 1 is 1.12 bits per heavy atom. The van der Waals surface area contributed by atoms with E-state index in [1.165, 1.54) is 4.31 Å². The van der Waals surface area contributed by atoms with Crippen molar-refractivity contribution in [2.24, 2.45) is 0 Å². The van der Waals surface area contributed by atoms with Crippen molar-refractivity contribution in [2.75, 3.05) is 31.1 Å². The number of nitrogens with zero attached hydrogens (tertiary/aromatic N) is 3. The third-order valence-electron chi connectivity index (χ3n) is 4.16. The van der Waals surface area contributed by atoms with E-state index in [4.69, 9.17) is 0 Å². The van der Waals surface area contributed by atoms with Crippen LogP contribution in [0.3, 0.4) is 0 Å². The lowest BCUT2D eigenvalue weighted by atomic mass is 10.2. The van der Waals surface area contributed by atoms with Crippen LogP contribution in [0.15, 0.2) is 23.1 Å². The minimum Gasteiger partial charge on any atom is -0.366 e. The van der Waals surface area contributed by atoms with Gasteiger partial charge in [0, 0.05) is 26.2 Å². The lowest BCUT2D eigenvalue weighted by Crippen LogP contribution is -2.49. The van der Waals surface area contributed by atoms with Gasteiger partial charge in [-0.3, -0.25) is 5.10 Å². The van der Waals surface area contributed by atoms with Crippen molar-refractivity contribution in [1.29, 1.82) is 0 Å². The Labute approximate surface area is 139 Å². The number of aryl methyl sites for hydroxylation is 2. The van der Waals surface area contributed by atoms with Crippen molar-refractivity contribution in [1.82, 2.24) is 14.5 Å². The van der Waals surface area contributed by atoms with Gasteiger partial charge in [-0.05, 0) is 32.0 Å². The van der Waals surface area contributed by atoms with Gasteiger partial charge < -0.3 is 4.90 Å². The van der Waals surface area contributed by atoms with E-state index in [0.29, 0.717) is 13.1 Å². The number of nitrogens with one attached hydrogen (secondary N) is 1. The van der Waals surface area contributed by atoms with E-state index in [9.17, 15) is 17.2 Å². The van der Waals surface area contributed by atoms with Crippen molar-refractivity contribution in [2.45, 2.75) is 18.7 Å². The third kappa shape index (κ3) is 2.89. The molecule has 0 atom stereocenters. The highest BCUT2D eigenvalue weighted by Gasteiger charge is 2.32. The molecule has 1 aliphatic heterocycles. The zero-order valence-corrected chi connectivity index (χ0v) is 14.2. The highest BCUT2D eigenvalue weighted by molar-refractivity contribution is 7.89. The molecule has 1 N–H and O–H groups in total. The second-order valence-corrected chi connectivity index (χ2v) is 7.65. The standard InChI is InChI=1S/C15H18F2N4O2S/c1-10-15(11(2)19-18-10)20-5-7-21(8-6-20)24(22,23)14-9-12(16)3-4-13(14)17/h3-4,9H,5-8H2,1-2H3,(H,18,19). The molecule has 130 valence electrons. The highest BCUT2D eigenvalue weighted by Crippen LogP contribution is 2.26. The van der Waals surface area contributed by atoms with Crippen LogP contribution in [0.4, 0.5) is 14.5 Å². The molecule has 0 bridgehead atoms. The normalized spacial score (nSPS) is 16.6. The lowest BCUT2D eigenvalue weighted by molar-refractivity contribution is 0.381. The third-order valence-corrected chi connectivity index (χ3v) is 6.07. The quantitative estimate of drug-likeness (QED) is 0.911. The van der Waals surface area contributed by atoms with Crippen LogP contribution < -0.4 is 4.90 Å². The number of aromatic amines is 1. The molecule has 0 saturated carbocycles. The van der Waals surface area contributed by atoms with Crippen molar-refractivity contribution >= 4 is 15.7 Å². The molecule has 0 spiro atoms. The van der Waals surface area contributed by atoms with Crippen molar-refractivity contribution < 1.29 is 17.2 Å². The summed E-state index contributed by atoms with van der Waals surface area (Å²) in [7, 11) is -4.06. The number of piperazine rings is 1. The first-order valence-electron chi connectivity index (χ1n) is 7.52. The van der Waals surface area contributed by atoms with E-state index in [1.54, 1.807) is 0 Å². The van der Waals surface area contributed by atoms with Crippen LogP contribution >= 0.6 is 0 Å². The first-order valence-corrected chi connectivity index (χ1v) is 8.96. The second-order valence-electron chi connectivity index (χ2n) is 5.75. The maximum atomic E-state index is 13.8. The first kappa shape index (κ1) is 16.8. The molecule has 1 aromatic heterocycles. The molecule has 2 aromatic rings. The smallest absolute Gasteiger partial charge is 0.246 e. The van der Waals surface area contributed by atoms with E-state index < -0.39 is 26.6 Å². The summed E-state index contributed by atoms with van der Waals surface area (Å²) in [6, 6.07) is 2.45. The molecule has 1 saturated heterocycles. The number of aromatic nitrogens is 2. The highest BCUT2D eigenvalue weighted by atomic mass is 32.2. The summed E-state index contributed by atoms with van der Waals surface area (Å²) in [6.07, 6.45) is 0. The Hall–Kier alpha value is -2.00. The molecule has 1 fully saturated rings. The molecule has 3 rings (SSSR count). The number of anilines is 1. The molecular weight excluding hydrogens is 338 g/mol. The second kappa shape index (κ2) is 6.14. The average molecular weight is 356 g/mol. The van der Waals surface area contributed by atoms with E-state index in [0.717, 1.165) is 35.3 Å². The van der Waals surface area contributed by atoms with Gasteiger partial charge in [0.05, 0.1) is 17.1 Å². The van der Waals surface area contributed by atoms with Gasteiger partial charge in [-0.25, -0.2) is 17.2 Å². The Kier molecular flexibility index (Phi) is 4.31. The van der Waals surface area contributed by atoms with Gasteiger partial charge in [-0.15, -0.1) is 0 Å². The molecule has 2 heterocycles. The molecule has 0 aliphatic carbocycles. The molecule has 9 heteroatoms. The molecule has 0 radical (unpaired) electrons. The summed E-state index contributed by atoms with van der Waals surface area (Å²) in [5.74, 6) is -1.72. The maximum Gasteiger partial charge on any atom is 0.246 e. The van der Waals surface area contributed by atoms with Crippen LogP contribution in [0.2, 0.25) is 0 Å². The number of rotatable bonds is 3. The Morgan fingerprint density at radius 2 is 1.79 bits per heavy atom. The van der Waals surface area contributed by atoms with E-state index in [1.807, 2.05) is 18.7 Å². The number of benzene rings is 1. The number of sulfonamides is 1. The minimum absolute atomic E-state index is 0.197. The monoisotopic (exact) mass is 356 g/mol. The van der Waals surface area contributed by atoms with Crippen molar-refractivity contribution in [3.63, 3.8) is 0 Å². The van der Waals surface area contributed by atoms with Crippen LogP contribution in [-0.2, 0) is 10.0 Å². The molecule has 0 amide bonds. The number of hydrogen-bond donors (Lipinski definition) is 1. The van der Waals surface area contributed by atoms with Crippen LogP contribution in [0.25, 0.3) is 0 Å². The summed E-state index contributed by atoms with van der Waals surface area (Å²) < 4.78 is 53.5. The SMILES string of the molecule is Cc1n[nH]c(C)c1N1CCN(S(=O)(=O)c2cc(F)ccc2F)CC1. The fourth-order valence-corrected chi connectivity index (χ4v) is 4.48. The zero-order valence-electron chi connectivity index (χ0n) is 13.4. The Morgan fingerprint density at radius 3 is 2.38 bits per heavy atom. The summed E-state index contributed by atoms with van der Waals surface area (Å²) in [5, 5.41) is 7.04. The van der Waals surface area contributed by atoms with E-state index >= 15 is 0 Å². The minimum atomic E-state index is -4.06. The summed E-state index contributed by atoms with van der Waals surface area (Å²) in [6.45, 7) is 5.09. The number of halogens is 2. The Balaban J connectivity index is 1.80. The molecule has 1 aromatic carbocycles. The Bertz CT molecular complexity index is 839. The van der Waals surface area contributed by atoms with Gasteiger partial charge in [0.25, 0.3) is 0 Å². The van der Waals surface area contributed by atoms with Crippen molar-refractivity contribution in [3.05, 3.63) is 41.2 Å². The average Bonchev–Trinajstić information content (AvgIpc) is 2.88. The molecular formula is C15H18F2N4O2S. The molecule has 24 heavy (non-hydrogen) atoms. The summed E-state index contributed by atoms with van der Waals surface area (Å²) >= 11 is 0. The van der Waals surface area contributed by atoms with Gasteiger partial charge in [-0.2, -0.15) is 9.40 Å². The van der Waals surface area contributed by atoms with Gasteiger partial charge in [-0.1, -0.05) is 0 Å². The van der Waals surface area contributed by atoms with Gasteiger partial charge in [0.2, 0.25) is 10.0 Å². The van der Waals surface area contributed by atoms with Crippen LogP contribution in [0.1, 0.15) is 11.4 Å². The van der Waals surface area contributed by atoms with Gasteiger partial charge >= 0.3 is 0 Å². The molecule has 0 unspecified atom stereocenters. The zero-order chi connectivity index (χ0) is 17.5. The largest absolute Gasteiger partial charge is 0.366 e. The number of hydrogen-bond acceptors (Lipinski definition) is 4. The fourth-order valence-electron chi connectivity index (χ4n) is 2.98. The predicted molar refractivity (Wildman–Crippen MR) is 85.4 cm³/mol. The van der Waals surface area contributed by atoms with E-state index in [2.05, 4.69) is 10.2 Å². The molecule has 1 aliphatic rings. The van der Waals surface area contributed by atoms with Crippen LogP contribution in [0.5, 0.6) is 0 Å². The predicted octanol–water partition coefficient (Wildman–Crippen LogP) is 1.82. The number of H-pyrrole nitrogens is 1. The topological polar surface area (TPSA) is 69.3 Å². The van der Waals surface area contributed by atoms with Crippen LogP contribution in [-0.4, -0.2) is 49.1 Å². The summed E-state index contributed by atoms with van der Waals surface area (Å²) in [5.41, 5.74) is 2.73. The lowest BCUT2D eigenvalue weighted by Gasteiger charge is -2.35.